The van der Waals surface area contributed by atoms with E-state index in [2.05, 4.69) is 4.74 Å². The van der Waals surface area contributed by atoms with Crippen LogP contribution in [0.1, 0.15) is 19.8 Å². The Morgan fingerprint density at radius 2 is 2.27 bits per heavy atom. The van der Waals surface area contributed by atoms with Crippen LogP contribution in [0.15, 0.2) is 0 Å². The van der Waals surface area contributed by atoms with Crippen molar-refractivity contribution in [2.45, 2.75) is 19.8 Å². The molecule has 0 rings (SSSR count). The van der Waals surface area contributed by atoms with E-state index in [-0.39, 0.29) is 0 Å². The summed E-state index contributed by atoms with van der Waals surface area (Å²) in [5, 5.41) is 0. The highest BCUT2D eigenvalue weighted by Crippen LogP contribution is 1.89. The standard InChI is InChI=1S/C6H12O4S/c1-2-3-4-10-6(7)5-11(8)9/h2-5H2,1H3,(H,8,9)/p-1. The average Bonchev–Trinajstić information content (AvgIpc) is 1.86. The molecule has 0 fully saturated rings. The fraction of sp³-hybridized carbons (Fsp3) is 0.833. The molecule has 5 heteroatoms. The fourth-order valence-corrected chi connectivity index (χ4v) is 0.744. The monoisotopic (exact) mass is 179 g/mol. The van der Waals surface area contributed by atoms with Crippen LogP contribution in [-0.2, 0) is 20.6 Å². The number of unbranched alkanes of at least 4 members (excludes halogenated alkanes) is 1. The summed E-state index contributed by atoms with van der Waals surface area (Å²) in [6, 6.07) is 0. The number of esters is 1. The average molecular weight is 179 g/mol. The van der Waals surface area contributed by atoms with Gasteiger partial charge in [-0.3, -0.25) is 9.00 Å². The highest BCUT2D eigenvalue weighted by Gasteiger charge is 2.00. The Morgan fingerprint density at radius 1 is 1.64 bits per heavy atom. The van der Waals surface area contributed by atoms with Crippen LogP contribution in [0.25, 0.3) is 0 Å². The maximum atomic E-state index is 10.5. The summed E-state index contributed by atoms with van der Waals surface area (Å²) in [5.74, 6) is -1.21. The van der Waals surface area contributed by atoms with Gasteiger partial charge in [-0.15, -0.1) is 0 Å². The zero-order valence-electron chi connectivity index (χ0n) is 6.37. The minimum absolute atomic E-state index is 0.312. The molecule has 1 atom stereocenters. The predicted molar refractivity (Wildman–Crippen MR) is 39.7 cm³/mol. The first-order chi connectivity index (χ1) is 5.16. The second-order valence-corrected chi connectivity index (χ2v) is 2.92. The van der Waals surface area contributed by atoms with Gasteiger partial charge in [-0.2, -0.15) is 0 Å². The third-order valence-corrected chi connectivity index (χ3v) is 1.47. The summed E-state index contributed by atoms with van der Waals surface area (Å²) in [5.41, 5.74) is 0. The molecular formula is C6H11O4S-. The van der Waals surface area contributed by atoms with Gasteiger partial charge in [-0.05, 0) is 17.5 Å². The molecule has 66 valence electrons. The van der Waals surface area contributed by atoms with Crippen LogP contribution in [0.2, 0.25) is 0 Å². The first-order valence-electron chi connectivity index (χ1n) is 3.38. The molecule has 0 aromatic carbocycles. The molecule has 0 spiro atoms. The molecule has 0 heterocycles. The molecule has 0 N–H and O–H groups in total. The quantitative estimate of drug-likeness (QED) is 0.344. The van der Waals surface area contributed by atoms with Crippen molar-refractivity contribution in [3.05, 3.63) is 0 Å². The Morgan fingerprint density at radius 3 is 2.73 bits per heavy atom. The number of carbonyl (C=O) groups is 1. The Bertz CT molecular complexity index is 146. The summed E-state index contributed by atoms with van der Waals surface area (Å²) in [6.45, 7) is 2.27. The molecule has 11 heavy (non-hydrogen) atoms. The number of rotatable bonds is 5. The molecule has 0 radical (unpaired) electrons. The predicted octanol–water partition coefficient (Wildman–Crippen LogP) is 0.209. The van der Waals surface area contributed by atoms with Crippen molar-refractivity contribution >= 4 is 17.0 Å². The largest absolute Gasteiger partial charge is 0.772 e. The van der Waals surface area contributed by atoms with Crippen LogP contribution in [0, 0.1) is 0 Å². The van der Waals surface area contributed by atoms with E-state index >= 15 is 0 Å². The van der Waals surface area contributed by atoms with Crippen LogP contribution in [-0.4, -0.2) is 27.1 Å². The van der Waals surface area contributed by atoms with Crippen molar-refractivity contribution in [3.63, 3.8) is 0 Å². The number of hydrogen-bond acceptors (Lipinski definition) is 4. The van der Waals surface area contributed by atoms with E-state index in [9.17, 15) is 13.6 Å². The molecule has 4 nitrogen and oxygen atoms in total. The van der Waals surface area contributed by atoms with Gasteiger partial charge < -0.3 is 9.29 Å². The lowest BCUT2D eigenvalue weighted by Gasteiger charge is -2.04. The number of ether oxygens (including phenoxy) is 1. The van der Waals surface area contributed by atoms with E-state index in [1.165, 1.54) is 0 Å². The second kappa shape index (κ2) is 6.30. The van der Waals surface area contributed by atoms with Crippen LogP contribution >= 0.6 is 0 Å². The molecule has 0 aliphatic carbocycles. The lowest BCUT2D eigenvalue weighted by atomic mass is 10.4. The zero-order valence-corrected chi connectivity index (χ0v) is 7.19. The summed E-state index contributed by atoms with van der Waals surface area (Å²) in [4.78, 5) is 10.5. The van der Waals surface area contributed by atoms with Crippen molar-refractivity contribution < 1.29 is 18.3 Å². The molecule has 0 saturated carbocycles. The Labute approximate surface area is 68.2 Å². The van der Waals surface area contributed by atoms with Gasteiger partial charge in [-0.25, -0.2) is 0 Å². The minimum atomic E-state index is -2.33. The van der Waals surface area contributed by atoms with Crippen molar-refractivity contribution in [2.75, 3.05) is 12.4 Å². The van der Waals surface area contributed by atoms with Gasteiger partial charge in [0, 0.05) is 0 Å². The maximum absolute atomic E-state index is 10.5. The molecule has 0 saturated heterocycles. The van der Waals surface area contributed by atoms with E-state index in [4.69, 9.17) is 0 Å². The maximum Gasteiger partial charge on any atom is 0.317 e. The van der Waals surface area contributed by atoms with Crippen LogP contribution in [0.3, 0.4) is 0 Å². The smallest absolute Gasteiger partial charge is 0.317 e. The first-order valence-corrected chi connectivity index (χ1v) is 4.62. The van der Waals surface area contributed by atoms with Crippen molar-refractivity contribution in [3.8, 4) is 0 Å². The molecule has 0 amide bonds. The Balaban J connectivity index is 3.30. The van der Waals surface area contributed by atoms with E-state index in [1.54, 1.807) is 0 Å². The van der Waals surface area contributed by atoms with Gasteiger partial charge in [0.25, 0.3) is 0 Å². The third kappa shape index (κ3) is 7.48. The molecule has 0 aliphatic rings. The van der Waals surface area contributed by atoms with E-state index < -0.39 is 22.8 Å². The van der Waals surface area contributed by atoms with Gasteiger partial charge >= 0.3 is 5.97 Å². The Kier molecular flexibility index (Phi) is 6.06. The van der Waals surface area contributed by atoms with Crippen LogP contribution in [0.4, 0.5) is 0 Å². The topological polar surface area (TPSA) is 66.4 Å². The van der Waals surface area contributed by atoms with Crippen LogP contribution < -0.4 is 0 Å². The molecule has 0 aromatic rings. The van der Waals surface area contributed by atoms with E-state index in [1.807, 2.05) is 6.92 Å². The lowest BCUT2D eigenvalue weighted by molar-refractivity contribution is -0.140. The van der Waals surface area contributed by atoms with Gasteiger partial charge in [0.05, 0.1) is 6.61 Å². The molecule has 0 aliphatic heterocycles. The summed E-state index contributed by atoms with van der Waals surface area (Å²) in [7, 11) is 0. The van der Waals surface area contributed by atoms with E-state index in [0.717, 1.165) is 12.8 Å². The van der Waals surface area contributed by atoms with Crippen molar-refractivity contribution in [1.82, 2.24) is 0 Å². The summed E-state index contributed by atoms with van der Waals surface area (Å²) in [6.07, 6.45) is 1.70. The van der Waals surface area contributed by atoms with Crippen molar-refractivity contribution in [1.29, 1.82) is 0 Å². The molecule has 0 aromatic heterocycles. The number of carbonyl (C=O) groups excluding carboxylic acids is 1. The van der Waals surface area contributed by atoms with Gasteiger partial charge in [0.1, 0.15) is 5.75 Å². The SMILES string of the molecule is CCCCOC(=O)CS(=O)[O-]. The van der Waals surface area contributed by atoms with Gasteiger partial charge in [-0.1, -0.05) is 13.3 Å². The minimum Gasteiger partial charge on any atom is -0.772 e. The molecule has 1 unspecified atom stereocenters. The summed E-state index contributed by atoms with van der Waals surface area (Å²) >= 11 is -2.33. The molecule has 0 bridgehead atoms. The third-order valence-electron chi connectivity index (χ3n) is 0.997. The lowest BCUT2D eigenvalue weighted by Crippen LogP contribution is -2.14. The van der Waals surface area contributed by atoms with Gasteiger partial charge in [0.15, 0.2) is 0 Å². The van der Waals surface area contributed by atoms with Crippen LogP contribution in [0.5, 0.6) is 0 Å². The second-order valence-electron chi connectivity index (χ2n) is 2.02. The highest BCUT2D eigenvalue weighted by atomic mass is 32.2. The first kappa shape index (κ1) is 10.6. The normalized spacial score (nSPS) is 12.5. The fourth-order valence-electron chi connectivity index (χ4n) is 0.468. The zero-order chi connectivity index (χ0) is 8.69. The molecular weight excluding hydrogens is 168 g/mol. The van der Waals surface area contributed by atoms with E-state index in [0.29, 0.717) is 6.61 Å². The Hall–Kier alpha value is -0.420. The number of hydrogen-bond donors (Lipinski definition) is 0. The van der Waals surface area contributed by atoms with Gasteiger partial charge in [0.2, 0.25) is 0 Å². The highest BCUT2D eigenvalue weighted by molar-refractivity contribution is 7.79. The van der Waals surface area contributed by atoms with Crippen molar-refractivity contribution in [2.24, 2.45) is 0 Å². The summed E-state index contributed by atoms with van der Waals surface area (Å²) < 4.78 is 24.4.